The molecule has 1 aromatic heterocycles. The van der Waals surface area contributed by atoms with Crippen LogP contribution >= 0.6 is 0 Å². The lowest BCUT2D eigenvalue weighted by atomic mass is 10.2. The molecular formula is C17H16N4O. The summed E-state index contributed by atoms with van der Waals surface area (Å²) in [5.74, 6) is 1.16. The number of methoxy groups -OCH3 is 1. The Hall–Kier alpha value is -3.08. The molecule has 0 saturated heterocycles. The molecule has 0 amide bonds. The van der Waals surface area contributed by atoms with Gasteiger partial charge in [-0.1, -0.05) is 30.3 Å². The van der Waals surface area contributed by atoms with Crippen molar-refractivity contribution in [2.45, 2.75) is 0 Å². The Balaban J connectivity index is 1.83. The van der Waals surface area contributed by atoms with Gasteiger partial charge in [-0.3, -0.25) is 0 Å². The minimum atomic E-state index is 0.351. The number of aromatic nitrogens is 2. The Morgan fingerprint density at radius 3 is 2.50 bits per heavy atom. The fourth-order valence-electron chi connectivity index (χ4n) is 2.04. The number of nitrogens with two attached hydrogens (primary N) is 1. The van der Waals surface area contributed by atoms with Gasteiger partial charge in [0.25, 0.3) is 0 Å². The van der Waals surface area contributed by atoms with Crippen LogP contribution in [0.25, 0.3) is 11.3 Å². The van der Waals surface area contributed by atoms with Crippen LogP contribution in [0.1, 0.15) is 5.56 Å². The van der Waals surface area contributed by atoms with E-state index in [4.69, 9.17) is 10.5 Å². The molecule has 0 aliphatic rings. The van der Waals surface area contributed by atoms with Gasteiger partial charge in [-0.15, -0.1) is 0 Å². The number of hydrogen-bond acceptors (Lipinski definition) is 4. The van der Waals surface area contributed by atoms with Crippen LogP contribution in [0, 0.1) is 0 Å². The van der Waals surface area contributed by atoms with Crippen molar-refractivity contribution in [2.24, 2.45) is 5.10 Å². The van der Waals surface area contributed by atoms with Gasteiger partial charge in [0.1, 0.15) is 5.75 Å². The topological polar surface area (TPSA) is 65.4 Å². The average molecular weight is 292 g/mol. The molecule has 3 rings (SSSR count). The molecule has 2 N–H and O–H groups in total. The quantitative estimate of drug-likeness (QED) is 0.752. The average Bonchev–Trinajstić information content (AvgIpc) is 2.95. The monoisotopic (exact) mass is 292 g/mol. The molecular weight excluding hydrogens is 276 g/mol. The van der Waals surface area contributed by atoms with Crippen molar-refractivity contribution < 1.29 is 4.74 Å². The smallest absolute Gasteiger partial charge is 0.221 e. The van der Waals surface area contributed by atoms with E-state index in [1.807, 2.05) is 60.8 Å². The Bertz CT molecular complexity index is 776. The van der Waals surface area contributed by atoms with Gasteiger partial charge in [-0.05, 0) is 29.8 Å². The summed E-state index contributed by atoms with van der Waals surface area (Å²) in [4.78, 5) is 4.33. The van der Waals surface area contributed by atoms with Gasteiger partial charge in [0.05, 0.1) is 25.2 Å². The predicted octanol–water partition coefficient (Wildman–Crippen LogP) is 3.02. The lowest BCUT2D eigenvalue weighted by Crippen LogP contribution is -1.96. The molecule has 110 valence electrons. The van der Waals surface area contributed by atoms with Gasteiger partial charge >= 0.3 is 0 Å². The number of nitrogen functional groups attached to an aromatic ring is 1. The van der Waals surface area contributed by atoms with Gasteiger partial charge in [0, 0.05) is 5.56 Å². The molecule has 0 aliphatic heterocycles. The fourth-order valence-corrected chi connectivity index (χ4v) is 2.04. The van der Waals surface area contributed by atoms with Crippen molar-refractivity contribution in [3.8, 4) is 17.0 Å². The van der Waals surface area contributed by atoms with Crippen LogP contribution in [0.15, 0.2) is 65.9 Å². The molecule has 0 spiro atoms. The standard InChI is InChI=1S/C17H16N4O/c1-22-15-9-7-13(8-10-15)11-19-21-12-16(20-17(21)18)14-5-3-2-4-6-14/h2-12H,1H3,(H2,18,20). The lowest BCUT2D eigenvalue weighted by molar-refractivity contribution is 0.415. The summed E-state index contributed by atoms with van der Waals surface area (Å²) in [6.45, 7) is 0. The van der Waals surface area contributed by atoms with E-state index in [0.29, 0.717) is 5.95 Å². The van der Waals surface area contributed by atoms with Crippen molar-refractivity contribution in [1.82, 2.24) is 9.66 Å². The van der Waals surface area contributed by atoms with Crippen molar-refractivity contribution in [1.29, 1.82) is 0 Å². The van der Waals surface area contributed by atoms with Gasteiger partial charge in [-0.2, -0.15) is 5.10 Å². The first-order chi connectivity index (χ1) is 10.8. The van der Waals surface area contributed by atoms with Crippen LogP contribution in [0.3, 0.4) is 0 Å². The molecule has 0 atom stereocenters. The first kappa shape index (κ1) is 13.9. The maximum atomic E-state index is 5.91. The number of ether oxygens (including phenoxy) is 1. The summed E-state index contributed by atoms with van der Waals surface area (Å²) < 4.78 is 6.69. The van der Waals surface area contributed by atoms with E-state index in [0.717, 1.165) is 22.6 Å². The normalized spacial score (nSPS) is 11.0. The molecule has 0 bridgehead atoms. The number of benzene rings is 2. The van der Waals surface area contributed by atoms with Crippen LogP contribution in [-0.4, -0.2) is 23.0 Å². The molecule has 5 heteroatoms. The zero-order valence-electron chi connectivity index (χ0n) is 12.2. The molecule has 0 radical (unpaired) electrons. The van der Waals surface area contributed by atoms with Gasteiger partial charge < -0.3 is 10.5 Å². The second-order valence-corrected chi connectivity index (χ2v) is 4.71. The molecule has 0 fully saturated rings. The van der Waals surface area contributed by atoms with Crippen molar-refractivity contribution in [2.75, 3.05) is 12.8 Å². The minimum Gasteiger partial charge on any atom is -0.497 e. The Morgan fingerprint density at radius 2 is 1.82 bits per heavy atom. The number of anilines is 1. The van der Waals surface area contributed by atoms with Crippen molar-refractivity contribution in [3.05, 3.63) is 66.4 Å². The van der Waals surface area contributed by atoms with E-state index in [1.165, 1.54) is 0 Å². The zero-order chi connectivity index (χ0) is 15.4. The molecule has 22 heavy (non-hydrogen) atoms. The summed E-state index contributed by atoms with van der Waals surface area (Å²) in [6, 6.07) is 17.5. The highest BCUT2D eigenvalue weighted by atomic mass is 16.5. The van der Waals surface area contributed by atoms with Crippen LogP contribution in [0.2, 0.25) is 0 Å². The predicted molar refractivity (Wildman–Crippen MR) is 88.1 cm³/mol. The second-order valence-electron chi connectivity index (χ2n) is 4.71. The van der Waals surface area contributed by atoms with E-state index in [9.17, 15) is 0 Å². The lowest BCUT2D eigenvalue weighted by Gasteiger charge is -1.99. The molecule has 0 aliphatic carbocycles. The Labute approximate surface area is 128 Å². The minimum absolute atomic E-state index is 0.351. The molecule has 3 aromatic rings. The third-order valence-electron chi connectivity index (χ3n) is 3.23. The van der Waals surface area contributed by atoms with Crippen molar-refractivity contribution in [3.63, 3.8) is 0 Å². The third-order valence-corrected chi connectivity index (χ3v) is 3.23. The largest absolute Gasteiger partial charge is 0.497 e. The molecule has 1 heterocycles. The summed E-state index contributed by atoms with van der Waals surface area (Å²) in [5.41, 5.74) is 8.66. The first-order valence-electron chi connectivity index (χ1n) is 6.85. The molecule has 5 nitrogen and oxygen atoms in total. The van der Waals surface area contributed by atoms with Crippen LogP contribution in [0.5, 0.6) is 5.75 Å². The van der Waals surface area contributed by atoms with Crippen LogP contribution < -0.4 is 10.5 Å². The third kappa shape index (κ3) is 2.98. The summed E-state index contributed by atoms with van der Waals surface area (Å²) in [6.07, 6.45) is 3.54. The molecule has 0 unspecified atom stereocenters. The number of hydrogen-bond donors (Lipinski definition) is 1. The highest BCUT2D eigenvalue weighted by Gasteiger charge is 2.05. The Morgan fingerprint density at radius 1 is 1.09 bits per heavy atom. The van der Waals surface area contributed by atoms with E-state index in [1.54, 1.807) is 18.0 Å². The van der Waals surface area contributed by atoms with Crippen molar-refractivity contribution >= 4 is 12.2 Å². The SMILES string of the molecule is COc1ccc(C=Nn2cc(-c3ccccc3)nc2N)cc1. The van der Waals surface area contributed by atoms with Crippen LogP contribution in [-0.2, 0) is 0 Å². The number of nitrogens with zero attached hydrogens (tertiary/aromatic N) is 3. The van der Waals surface area contributed by atoms with E-state index in [-0.39, 0.29) is 0 Å². The summed E-state index contributed by atoms with van der Waals surface area (Å²) in [5, 5.41) is 4.34. The fraction of sp³-hybridized carbons (Fsp3) is 0.0588. The van der Waals surface area contributed by atoms with Gasteiger partial charge in [0.2, 0.25) is 5.95 Å². The maximum absolute atomic E-state index is 5.91. The summed E-state index contributed by atoms with van der Waals surface area (Å²) >= 11 is 0. The van der Waals surface area contributed by atoms with E-state index < -0.39 is 0 Å². The summed E-state index contributed by atoms with van der Waals surface area (Å²) in [7, 11) is 1.64. The van der Waals surface area contributed by atoms with Gasteiger partial charge in [-0.25, -0.2) is 9.66 Å². The van der Waals surface area contributed by atoms with E-state index in [2.05, 4.69) is 10.1 Å². The maximum Gasteiger partial charge on any atom is 0.221 e. The second kappa shape index (κ2) is 6.13. The highest BCUT2D eigenvalue weighted by Crippen LogP contribution is 2.19. The van der Waals surface area contributed by atoms with Crippen LogP contribution in [0.4, 0.5) is 5.95 Å². The van der Waals surface area contributed by atoms with E-state index >= 15 is 0 Å². The number of rotatable bonds is 4. The first-order valence-corrected chi connectivity index (χ1v) is 6.85. The zero-order valence-corrected chi connectivity index (χ0v) is 12.2. The highest BCUT2D eigenvalue weighted by molar-refractivity contribution is 5.79. The molecule has 2 aromatic carbocycles. The Kier molecular flexibility index (Phi) is 3.87. The van der Waals surface area contributed by atoms with Gasteiger partial charge in [0.15, 0.2) is 0 Å². The molecule has 0 saturated carbocycles. The number of imidazole rings is 1.